The maximum Gasteiger partial charge on any atom is 0.150 e. The van der Waals surface area contributed by atoms with E-state index in [0.29, 0.717) is 5.75 Å². The summed E-state index contributed by atoms with van der Waals surface area (Å²) in [6.45, 7) is 7.06. The average Bonchev–Trinajstić information content (AvgIpc) is 2.99. The van der Waals surface area contributed by atoms with Crippen LogP contribution in [0.2, 0.25) is 0 Å². The Kier molecular flexibility index (Phi) is 4.80. The molecule has 0 radical (unpaired) electrons. The fourth-order valence-corrected chi connectivity index (χ4v) is 2.76. The Morgan fingerprint density at radius 2 is 1.88 bits per heavy atom. The van der Waals surface area contributed by atoms with E-state index in [1.807, 2.05) is 0 Å². The van der Waals surface area contributed by atoms with Gasteiger partial charge in [-0.1, -0.05) is 20.8 Å². The summed E-state index contributed by atoms with van der Waals surface area (Å²) in [5.41, 5.74) is 0.129. The highest BCUT2D eigenvalue weighted by molar-refractivity contribution is 7.91. The Labute approximate surface area is 99.9 Å². The summed E-state index contributed by atoms with van der Waals surface area (Å²) in [7, 11) is -2.80. The summed E-state index contributed by atoms with van der Waals surface area (Å²) in [4.78, 5) is 0. The molecule has 1 aliphatic carbocycles. The van der Waals surface area contributed by atoms with Gasteiger partial charge in [-0.3, -0.25) is 0 Å². The smallest absolute Gasteiger partial charge is 0.150 e. The van der Waals surface area contributed by atoms with Gasteiger partial charge in [0.25, 0.3) is 0 Å². The first-order chi connectivity index (χ1) is 7.35. The van der Waals surface area contributed by atoms with E-state index in [4.69, 9.17) is 0 Å². The summed E-state index contributed by atoms with van der Waals surface area (Å²) in [6, 6.07) is 0.746. The van der Waals surface area contributed by atoms with Crippen LogP contribution < -0.4 is 5.32 Å². The van der Waals surface area contributed by atoms with E-state index < -0.39 is 9.84 Å². The predicted molar refractivity (Wildman–Crippen MR) is 68.4 cm³/mol. The SMILES string of the molecule is CCS(=O)(=O)CCC(C)(C)CCNC1CC1. The number of hydrogen-bond acceptors (Lipinski definition) is 3. The van der Waals surface area contributed by atoms with Crippen molar-refractivity contribution in [2.45, 2.75) is 52.5 Å². The molecule has 0 atom stereocenters. The zero-order valence-electron chi connectivity index (χ0n) is 10.8. The maximum absolute atomic E-state index is 11.4. The molecular weight excluding hydrogens is 222 g/mol. The molecule has 0 aromatic carbocycles. The molecule has 16 heavy (non-hydrogen) atoms. The van der Waals surface area contributed by atoms with E-state index in [1.54, 1.807) is 6.92 Å². The Hall–Kier alpha value is -0.0900. The van der Waals surface area contributed by atoms with Crippen molar-refractivity contribution in [3.8, 4) is 0 Å². The molecule has 1 aliphatic rings. The second-order valence-corrected chi connectivity index (χ2v) is 8.10. The molecule has 1 rings (SSSR count). The zero-order chi connectivity index (χ0) is 12.2. The van der Waals surface area contributed by atoms with Gasteiger partial charge in [0, 0.05) is 11.8 Å². The van der Waals surface area contributed by atoms with Gasteiger partial charge < -0.3 is 5.32 Å². The first kappa shape index (κ1) is 14.0. The second kappa shape index (κ2) is 5.50. The molecule has 0 amide bonds. The fraction of sp³-hybridized carbons (Fsp3) is 1.00. The monoisotopic (exact) mass is 247 g/mol. The van der Waals surface area contributed by atoms with E-state index in [-0.39, 0.29) is 11.2 Å². The second-order valence-electron chi connectivity index (χ2n) is 5.63. The molecule has 0 spiro atoms. The lowest BCUT2D eigenvalue weighted by molar-refractivity contribution is 0.316. The fourth-order valence-electron chi connectivity index (χ4n) is 1.60. The largest absolute Gasteiger partial charge is 0.314 e. The van der Waals surface area contributed by atoms with Gasteiger partial charge in [-0.25, -0.2) is 8.42 Å². The number of sulfone groups is 1. The third-order valence-electron chi connectivity index (χ3n) is 3.34. The molecule has 0 aliphatic heterocycles. The van der Waals surface area contributed by atoms with E-state index >= 15 is 0 Å². The Balaban J connectivity index is 2.21. The zero-order valence-corrected chi connectivity index (χ0v) is 11.6. The molecular formula is C12H25NO2S. The van der Waals surface area contributed by atoms with Crippen LogP contribution in [-0.2, 0) is 9.84 Å². The molecule has 0 saturated heterocycles. The lowest BCUT2D eigenvalue weighted by Crippen LogP contribution is -2.26. The van der Waals surface area contributed by atoms with Crippen LogP contribution in [0.3, 0.4) is 0 Å². The van der Waals surface area contributed by atoms with Gasteiger partial charge in [-0.05, 0) is 37.6 Å². The quantitative estimate of drug-likeness (QED) is 0.713. The highest BCUT2D eigenvalue weighted by atomic mass is 32.2. The van der Waals surface area contributed by atoms with Crippen LogP contribution in [0, 0.1) is 5.41 Å². The summed E-state index contributed by atoms with van der Waals surface area (Å²) >= 11 is 0. The van der Waals surface area contributed by atoms with E-state index in [1.165, 1.54) is 12.8 Å². The van der Waals surface area contributed by atoms with Gasteiger partial charge in [0.05, 0.1) is 5.75 Å². The van der Waals surface area contributed by atoms with Crippen LogP contribution in [0.1, 0.15) is 46.5 Å². The van der Waals surface area contributed by atoms with Crippen molar-refractivity contribution >= 4 is 9.84 Å². The van der Waals surface area contributed by atoms with Crippen molar-refractivity contribution in [1.29, 1.82) is 0 Å². The summed E-state index contributed by atoms with van der Waals surface area (Å²) in [6.07, 6.45) is 4.45. The van der Waals surface area contributed by atoms with Gasteiger partial charge in [0.15, 0.2) is 0 Å². The summed E-state index contributed by atoms with van der Waals surface area (Å²) in [5.74, 6) is 0.601. The standard InChI is InChI=1S/C12H25NO2S/c1-4-16(14,15)10-8-12(2,3)7-9-13-11-5-6-11/h11,13H,4-10H2,1-3H3. The first-order valence-electron chi connectivity index (χ1n) is 6.28. The molecule has 96 valence electrons. The van der Waals surface area contributed by atoms with Crippen LogP contribution >= 0.6 is 0 Å². The molecule has 0 unspecified atom stereocenters. The molecule has 0 bridgehead atoms. The number of nitrogens with one attached hydrogen (secondary N) is 1. The van der Waals surface area contributed by atoms with Gasteiger partial charge >= 0.3 is 0 Å². The van der Waals surface area contributed by atoms with Crippen LogP contribution in [-0.4, -0.2) is 32.5 Å². The van der Waals surface area contributed by atoms with Gasteiger partial charge in [-0.15, -0.1) is 0 Å². The van der Waals surface area contributed by atoms with Crippen LogP contribution in [0.25, 0.3) is 0 Å². The van der Waals surface area contributed by atoms with Crippen LogP contribution in [0.5, 0.6) is 0 Å². The minimum absolute atomic E-state index is 0.129. The molecule has 0 heterocycles. The van der Waals surface area contributed by atoms with Gasteiger partial charge in [0.2, 0.25) is 0 Å². The number of hydrogen-bond donors (Lipinski definition) is 1. The molecule has 1 fully saturated rings. The van der Waals surface area contributed by atoms with Crippen molar-refractivity contribution < 1.29 is 8.42 Å². The molecule has 1 saturated carbocycles. The molecule has 4 heteroatoms. The Morgan fingerprint density at radius 3 is 2.38 bits per heavy atom. The predicted octanol–water partition coefficient (Wildman–Crippen LogP) is 1.98. The van der Waals surface area contributed by atoms with E-state index in [2.05, 4.69) is 19.2 Å². The lowest BCUT2D eigenvalue weighted by atomic mass is 9.86. The van der Waals surface area contributed by atoms with Crippen molar-refractivity contribution in [3.63, 3.8) is 0 Å². The Bertz CT molecular complexity index is 305. The third-order valence-corrected chi connectivity index (χ3v) is 5.05. The van der Waals surface area contributed by atoms with E-state index in [9.17, 15) is 8.42 Å². The highest BCUT2D eigenvalue weighted by Gasteiger charge is 2.24. The normalized spacial score (nSPS) is 17.7. The minimum Gasteiger partial charge on any atom is -0.314 e. The molecule has 1 N–H and O–H groups in total. The third kappa shape index (κ3) is 5.85. The highest BCUT2D eigenvalue weighted by Crippen LogP contribution is 2.26. The van der Waals surface area contributed by atoms with Crippen molar-refractivity contribution in [2.75, 3.05) is 18.1 Å². The summed E-state index contributed by atoms with van der Waals surface area (Å²) < 4.78 is 22.8. The maximum atomic E-state index is 11.4. The molecule has 3 nitrogen and oxygen atoms in total. The molecule has 0 aromatic rings. The molecule has 0 aromatic heterocycles. The summed E-state index contributed by atoms with van der Waals surface area (Å²) in [5, 5.41) is 3.47. The minimum atomic E-state index is -2.80. The average molecular weight is 247 g/mol. The van der Waals surface area contributed by atoms with Gasteiger partial charge in [0.1, 0.15) is 9.84 Å². The van der Waals surface area contributed by atoms with Crippen molar-refractivity contribution in [1.82, 2.24) is 5.32 Å². The first-order valence-corrected chi connectivity index (χ1v) is 8.10. The van der Waals surface area contributed by atoms with Crippen molar-refractivity contribution in [2.24, 2.45) is 5.41 Å². The lowest BCUT2D eigenvalue weighted by Gasteiger charge is -2.24. The number of rotatable bonds is 8. The van der Waals surface area contributed by atoms with Crippen molar-refractivity contribution in [3.05, 3.63) is 0 Å². The topological polar surface area (TPSA) is 46.2 Å². The van der Waals surface area contributed by atoms with Crippen LogP contribution in [0.4, 0.5) is 0 Å². The van der Waals surface area contributed by atoms with Crippen LogP contribution in [0.15, 0.2) is 0 Å². The van der Waals surface area contributed by atoms with E-state index in [0.717, 1.165) is 25.4 Å². The Morgan fingerprint density at radius 1 is 1.25 bits per heavy atom. The van der Waals surface area contributed by atoms with Gasteiger partial charge in [-0.2, -0.15) is 0 Å².